The summed E-state index contributed by atoms with van der Waals surface area (Å²) in [5.74, 6) is 0. The van der Waals surface area contributed by atoms with Gasteiger partial charge in [-0.15, -0.1) is 0 Å². The highest BCUT2D eigenvalue weighted by Crippen LogP contribution is 2.37. The van der Waals surface area contributed by atoms with Crippen molar-refractivity contribution in [1.82, 2.24) is 0 Å². The number of hydrogen-bond donors (Lipinski definition) is 0. The van der Waals surface area contributed by atoms with Gasteiger partial charge in [0.1, 0.15) is 0 Å². The van der Waals surface area contributed by atoms with Crippen molar-refractivity contribution in [2.45, 2.75) is 59.8 Å². The molecule has 3 rings (SSSR count). The Bertz CT molecular complexity index is 725. The average molecular weight is 304 g/mol. The minimum atomic E-state index is 1.10. The molecule has 120 valence electrons. The molecular weight excluding hydrogens is 276 g/mol. The molecule has 0 amide bonds. The first-order chi connectivity index (χ1) is 11.2. The van der Waals surface area contributed by atoms with Gasteiger partial charge in [-0.2, -0.15) is 0 Å². The van der Waals surface area contributed by atoms with Gasteiger partial charge in [-0.25, -0.2) is 0 Å². The third kappa shape index (κ3) is 3.13. The van der Waals surface area contributed by atoms with E-state index in [1.54, 1.807) is 5.57 Å². The van der Waals surface area contributed by atoms with Crippen molar-refractivity contribution < 1.29 is 0 Å². The second-order valence-corrected chi connectivity index (χ2v) is 6.64. The van der Waals surface area contributed by atoms with Gasteiger partial charge in [0.05, 0.1) is 0 Å². The molecule has 0 heteroatoms. The molecule has 2 aromatic carbocycles. The Morgan fingerprint density at radius 3 is 1.87 bits per heavy atom. The number of rotatable bonds is 5. The summed E-state index contributed by atoms with van der Waals surface area (Å²) in [6.07, 6.45) is 8.02. The van der Waals surface area contributed by atoms with E-state index in [0.717, 1.165) is 32.1 Å². The zero-order valence-corrected chi connectivity index (χ0v) is 15.0. The number of allylic oxidation sites excluding steroid dienone is 1. The summed E-state index contributed by atoms with van der Waals surface area (Å²) in [4.78, 5) is 0. The Morgan fingerprint density at radius 1 is 0.696 bits per heavy atom. The van der Waals surface area contributed by atoms with Crippen molar-refractivity contribution in [3.05, 3.63) is 63.7 Å². The van der Waals surface area contributed by atoms with Crippen molar-refractivity contribution in [2.75, 3.05) is 0 Å². The fraction of sp³-hybridized carbons (Fsp3) is 0.391. The second-order valence-electron chi connectivity index (χ2n) is 6.64. The van der Waals surface area contributed by atoms with E-state index in [9.17, 15) is 0 Å². The first-order valence-electron chi connectivity index (χ1n) is 9.16. The third-order valence-electron chi connectivity index (χ3n) is 5.15. The van der Waals surface area contributed by atoms with Crippen LogP contribution in [0.3, 0.4) is 0 Å². The second kappa shape index (κ2) is 6.74. The van der Waals surface area contributed by atoms with Crippen LogP contribution in [0.25, 0.3) is 17.2 Å². The van der Waals surface area contributed by atoms with Crippen LogP contribution in [0.2, 0.25) is 0 Å². The molecule has 23 heavy (non-hydrogen) atoms. The molecule has 0 atom stereocenters. The van der Waals surface area contributed by atoms with Gasteiger partial charge in [0.15, 0.2) is 0 Å². The summed E-state index contributed by atoms with van der Waals surface area (Å²) in [7, 11) is 0. The van der Waals surface area contributed by atoms with Gasteiger partial charge in [-0.1, -0.05) is 69.7 Å². The summed E-state index contributed by atoms with van der Waals surface area (Å²) in [5, 5.41) is 0. The molecule has 2 aromatic rings. The van der Waals surface area contributed by atoms with Crippen LogP contribution in [-0.2, 0) is 25.7 Å². The van der Waals surface area contributed by atoms with Gasteiger partial charge in [-0.05, 0) is 71.0 Å². The van der Waals surface area contributed by atoms with Crippen LogP contribution in [0.15, 0.2) is 35.9 Å². The molecule has 0 fully saturated rings. The molecule has 0 saturated heterocycles. The van der Waals surface area contributed by atoms with E-state index >= 15 is 0 Å². The number of benzene rings is 2. The van der Waals surface area contributed by atoms with Crippen LogP contribution >= 0.6 is 0 Å². The number of aryl methyl sites for hydroxylation is 3. The molecule has 0 spiro atoms. The zero-order chi connectivity index (χ0) is 16.4. The van der Waals surface area contributed by atoms with Crippen molar-refractivity contribution in [3.8, 4) is 11.1 Å². The lowest BCUT2D eigenvalue weighted by atomic mass is 9.90. The van der Waals surface area contributed by atoms with Gasteiger partial charge in [-0.3, -0.25) is 0 Å². The maximum Gasteiger partial charge on any atom is -0.00518 e. The Kier molecular flexibility index (Phi) is 4.71. The Hall–Kier alpha value is -1.82. The normalized spacial score (nSPS) is 13.1. The molecule has 1 aliphatic carbocycles. The molecule has 0 aliphatic heterocycles. The minimum Gasteiger partial charge on any atom is -0.0655 e. The van der Waals surface area contributed by atoms with Crippen molar-refractivity contribution in [3.63, 3.8) is 0 Å². The van der Waals surface area contributed by atoms with Crippen LogP contribution in [0.4, 0.5) is 0 Å². The molecular formula is C23H28. The van der Waals surface area contributed by atoms with Crippen molar-refractivity contribution in [1.29, 1.82) is 0 Å². The van der Waals surface area contributed by atoms with Gasteiger partial charge in [0.2, 0.25) is 0 Å². The molecule has 0 heterocycles. The fourth-order valence-electron chi connectivity index (χ4n) is 3.60. The Morgan fingerprint density at radius 2 is 1.30 bits per heavy atom. The van der Waals surface area contributed by atoms with E-state index in [-0.39, 0.29) is 0 Å². The van der Waals surface area contributed by atoms with E-state index in [1.807, 2.05) is 0 Å². The third-order valence-corrected chi connectivity index (χ3v) is 5.15. The molecule has 0 nitrogen and oxygen atoms in total. The summed E-state index contributed by atoms with van der Waals surface area (Å²) >= 11 is 0. The molecule has 0 saturated carbocycles. The van der Waals surface area contributed by atoms with Crippen LogP contribution in [0.5, 0.6) is 0 Å². The smallest absolute Gasteiger partial charge is 0.00518 e. The lowest BCUT2D eigenvalue weighted by molar-refractivity contribution is 1.04. The van der Waals surface area contributed by atoms with E-state index < -0.39 is 0 Å². The van der Waals surface area contributed by atoms with Crippen molar-refractivity contribution in [2.24, 2.45) is 0 Å². The lowest BCUT2D eigenvalue weighted by Gasteiger charge is -2.14. The maximum absolute atomic E-state index is 2.43. The highest BCUT2D eigenvalue weighted by atomic mass is 14.2. The molecule has 0 unspecified atom stereocenters. The first kappa shape index (κ1) is 16.1. The van der Waals surface area contributed by atoms with Gasteiger partial charge < -0.3 is 0 Å². The first-order valence-corrected chi connectivity index (χ1v) is 9.16. The average Bonchev–Trinajstić information content (AvgIpc) is 3.03. The molecule has 0 bridgehead atoms. The quantitative estimate of drug-likeness (QED) is 0.600. The van der Waals surface area contributed by atoms with Crippen LogP contribution in [0, 0.1) is 0 Å². The summed E-state index contributed by atoms with van der Waals surface area (Å²) in [6, 6.07) is 12.0. The summed E-state index contributed by atoms with van der Waals surface area (Å²) in [6.45, 7) is 9.03. The SMILES string of the molecule is CCC1=Cc2cc(CC)cc(-c3cc(CC)cc(CC)c3)c2C1. The van der Waals surface area contributed by atoms with Crippen LogP contribution < -0.4 is 0 Å². The van der Waals surface area contributed by atoms with Gasteiger partial charge in [0, 0.05) is 0 Å². The van der Waals surface area contributed by atoms with E-state index in [1.165, 1.54) is 38.9 Å². The van der Waals surface area contributed by atoms with E-state index in [2.05, 4.69) is 64.1 Å². The molecule has 0 aromatic heterocycles. The van der Waals surface area contributed by atoms with E-state index in [0.29, 0.717) is 0 Å². The number of fused-ring (bicyclic) bond motifs is 1. The van der Waals surface area contributed by atoms with Crippen LogP contribution in [0.1, 0.15) is 61.9 Å². The predicted molar refractivity (Wildman–Crippen MR) is 102 cm³/mol. The lowest BCUT2D eigenvalue weighted by Crippen LogP contribution is -1.96. The highest BCUT2D eigenvalue weighted by molar-refractivity contribution is 5.78. The highest BCUT2D eigenvalue weighted by Gasteiger charge is 2.18. The van der Waals surface area contributed by atoms with Crippen LogP contribution in [-0.4, -0.2) is 0 Å². The van der Waals surface area contributed by atoms with Gasteiger partial charge in [0.25, 0.3) is 0 Å². The molecule has 0 radical (unpaired) electrons. The van der Waals surface area contributed by atoms with Crippen molar-refractivity contribution >= 4 is 6.08 Å². The van der Waals surface area contributed by atoms with E-state index in [4.69, 9.17) is 0 Å². The summed E-state index contributed by atoms with van der Waals surface area (Å²) in [5.41, 5.74) is 11.8. The maximum atomic E-state index is 2.43. The topological polar surface area (TPSA) is 0 Å². The Balaban J connectivity index is 2.17. The monoisotopic (exact) mass is 304 g/mol. The van der Waals surface area contributed by atoms with Gasteiger partial charge >= 0.3 is 0 Å². The Labute approximate surface area is 141 Å². The molecule has 1 aliphatic rings. The number of hydrogen-bond acceptors (Lipinski definition) is 0. The standard InChI is InChI=1S/C23H28/c1-5-16-9-17(6-2)11-20(10-16)22-14-18(7-3)12-21-13-19(8-4)15-23(21)22/h9-14H,5-8,15H2,1-4H3. The zero-order valence-electron chi connectivity index (χ0n) is 15.0. The molecule has 0 N–H and O–H groups in total. The minimum absolute atomic E-state index is 1.10. The predicted octanol–water partition coefficient (Wildman–Crippen LogP) is 6.39. The largest absolute Gasteiger partial charge is 0.0655 e. The fourth-order valence-corrected chi connectivity index (χ4v) is 3.60. The summed E-state index contributed by atoms with van der Waals surface area (Å²) < 4.78 is 0.